The molecule has 1 nitrogen and oxygen atoms in total. The molecule has 2 N–H and O–H groups in total. The molecule has 1 atom stereocenters. The summed E-state index contributed by atoms with van der Waals surface area (Å²) in [7, 11) is 0. The Balaban J connectivity index is 1.92. The maximum absolute atomic E-state index is 13.7. The van der Waals surface area contributed by atoms with Gasteiger partial charge in [-0.1, -0.05) is 29.3 Å². The fourth-order valence-corrected chi connectivity index (χ4v) is 3.00. The molecule has 1 unspecified atom stereocenters. The van der Waals surface area contributed by atoms with Crippen LogP contribution < -0.4 is 5.73 Å². The molecule has 0 amide bonds. The van der Waals surface area contributed by atoms with Gasteiger partial charge in [-0.2, -0.15) is 0 Å². The fraction of sp³-hybridized carbons (Fsp3) is 0.200. The molecule has 0 saturated heterocycles. The average Bonchev–Trinajstić information content (AvgIpc) is 2.42. The molecule has 0 aliphatic rings. The maximum Gasteiger partial charge on any atom is 0.127 e. The van der Waals surface area contributed by atoms with Crippen LogP contribution in [0.1, 0.15) is 5.56 Å². The molecular weight excluding hydrogens is 316 g/mol. The van der Waals surface area contributed by atoms with Gasteiger partial charge >= 0.3 is 0 Å². The molecule has 0 aliphatic carbocycles. The summed E-state index contributed by atoms with van der Waals surface area (Å²) < 4.78 is 13.7. The summed E-state index contributed by atoms with van der Waals surface area (Å²) in [6.07, 6.45) is 0.423. The van der Waals surface area contributed by atoms with Gasteiger partial charge in [-0.05, 0) is 42.8 Å². The van der Waals surface area contributed by atoms with E-state index in [1.807, 2.05) is 24.3 Å². The van der Waals surface area contributed by atoms with Crippen molar-refractivity contribution in [3.05, 3.63) is 63.9 Å². The van der Waals surface area contributed by atoms with E-state index >= 15 is 0 Å². The molecule has 0 spiro atoms. The highest BCUT2D eigenvalue weighted by molar-refractivity contribution is 7.99. The molecular formula is C15H14Cl2FNS. The van der Waals surface area contributed by atoms with Crippen LogP contribution >= 0.6 is 35.0 Å². The van der Waals surface area contributed by atoms with E-state index in [9.17, 15) is 4.39 Å². The Morgan fingerprint density at radius 1 is 1.10 bits per heavy atom. The van der Waals surface area contributed by atoms with Gasteiger partial charge in [0.25, 0.3) is 0 Å². The lowest BCUT2D eigenvalue weighted by Crippen LogP contribution is -2.26. The quantitative estimate of drug-likeness (QED) is 0.798. The lowest BCUT2D eigenvalue weighted by Gasteiger charge is -2.13. The van der Waals surface area contributed by atoms with Crippen LogP contribution in [0.3, 0.4) is 0 Å². The van der Waals surface area contributed by atoms with E-state index in [0.717, 1.165) is 4.90 Å². The number of halogens is 3. The Morgan fingerprint density at radius 2 is 1.80 bits per heavy atom. The monoisotopic (exact) mass is 329 g/mol. The van der Waals surface area contributed by atoms with Gasteiger partial charge in [0.15, 0.2) is 0 Å². The van der Waals surface area contributed by atoms with Crippen LogP contribution in [0.2, 0.25) is 10.0 Å². The number of rotatable bonds is 5. The Morgan fingerprint density at radius 3 is 2.45 bits per heavy atom. The molecule has 20 heavy (non-hydrogen) atoms. The third kappa shape index (κ3) is 4.38. The van der Waals surface area contributed by atoms with Crippen molar-refractivity contribution in [3.63, 3.8) is 0 Å². The van der Waals surface area contributed by atoms with Gasteiger partial charge in [-0.15, -0.1) is 11.8 Å². The van der Waals surface area contributed by atoms with Gasteiger partial charge in [-0.3, -0.25) is 0 Å². The van der Waals surface area contributed by atoms with Gasteiger partial charge in [-0.25, -0.2) is 4.39 Å². The second-order valence-corrected chi connectivity index (χ2v) is 6.37. The normalized spacial score (nSPS) is 12.4. The molecule has 0 bridgehead atoms. The van der Waals surface area contributed by atoms with E-state index < -0.39 is 0 Å². The average molecular weight is 330 g/mol. The number of nitrogens with two attached hydrogens (primary N) is 1. The molecule has 5 heteroatoms. The van der Waals surface area contributed by atoms with Crippen molar-refractivity contribution >= 4 is 35.0 Å². The Hall–Kier alpha value is -0.740. The van der Waals surface area contributed by atoms with Gasteiger partial charge in [0.05, 0.1) is 0 Å². The van der Waals surface area contributed by atoms with Crippen LogP contribution in [0.25, 0.3) is 0 Å². The molecule has 0 radical (unpaired) electrons. The SMILES string of the molecule is NC(CSc1ccc(Cl)cc1)Cc1c(F)cccc1Cl. The molecule has 0 aliphatic heterocycles. The number of hydrogen-bond donors (Lipinski definition) is 1. The van der Waals surface area contributed by atoms with E-state index in [2.05, 4.69) is 0 Å². The predicted molar refractivity (Wildman–Crippen MR) is 85.3 cm³/mol. The lowest BCUT2D eigenvalue weighted by atomic mass is 10.1. The van der Waals surface area contributed by atoms with Crippen molar-refractivity contribution in [1.82, 2.24) is 0 Å². The molecule has 0 fully saturated rings. The van der Waals surface area contributed by atoms with E-state index in [0.29, 0.717) is 27.8 Å². The number of thioether (sulfide) groups is 1. The van der Waals surface area contributed by atoms with Crippen LogP contribution in [0, 0.1) is 5.82 Å². The summed E-state index contributed by atoms with van der Waals surface area (Å²) in [5.74, 6) is 0.385. The van der Waals surface area contributed by atoms with Gasteiger partial charge < -0.3 is 5.73 Å². The highest BCUT2D eigenvalue weighted by Gasteiger charge is 2.12. The minimum atomic E-state index is -0.301. The van der Waals surface area contributed by atoms with Gasteiger partial charge in [0.2, 0.25) is 0 Å². The van der Waals surface area contributed by atoms with Crippen molar-refractivity contribution in [2.24, 2.45) is 5.73 Å². The molecule has 0 aromatic heterocycles. The molecule has 0 heterocycles. The summed E-state index contributed by atoms with van der Waals surface area (Å²) in [5, 5.41) is 1.13. The Kier molecular flexibility index (Phi) is 5.73. The number of hydrogen-bond acceptors (Lipinski definition) is 2. The van der Waals surface area contributed by atoms with Crippen molar-refractivity contribution in [2.75, 3.05) is 5.75 Å². The number of benzene rings is 2. The zero-order chi connectivity index (χ0) is 14.5. The van der Waals surface area contributed by atoms with Crippen LogP contribution in [0.5, 0.6) is 0 Å². The third-order valence-corrected chi connectivity index (χ3v) is 4.61. The van der Waals surface area contributed by atoms with E-state index in [1.54, 1.807) is 23.9 Å². The fourth-order valence-electron chi connectivity index (χ4n) is 1.78. The van der Waals surface area contributed by atoms with Gasteiger partial charge in [0, 0.05) is 32.3 Å². The Bertz CT molecular complexity index is 554. The largest absolute Gasteiger partial charge is 0.327 e. The van der Waals surface area contributed by atoms with E-state index in [-0.39, 0.29) is 11.9 Å². The summed E-state index contributed by atoms with van der Waals surface area (Å²) in [6, 6.07) is 12.1. The molecule has 2 aromatic rings. The standard InChI is InChI=1S/C15H14Cl2FNS/c16-10-4-6-12(7-5-10)20-9-11(19)8-13-14(17)2-1-3-15(13)18/h1-7,11H,8-9,19H2. The van der Waals surface area contributed by atoms with E-state index in [1.165, 1.54) is 6.07 Å². The topological polar surface area (TPSA) is 26.0 Å². The lowest BCUT2D eigenvalue weighted by molar-refractivity contribution is 0.597. The van der Waals surface area contributed by atoms with Crippen molar-refractivity contribution in [1.29, 1.82) is 0 Å². The van der Waals surface area contributed by atoms with Crippen molar-refractivity contribution in [3.8, 4) is 0 Å². The zero-order valence-corrected chi connectivity index (χ0v) is 13.0. The van der Waals surface area contributed by atoms with Crippen molar-refractivity contribution in [2.45, 2.75) is 17.4 Å². The van der Waals surface area contributed by atoms with Crippen molar-refractivity contribution < 1.29 is 4.39 Å². The molecule has 106 valence electrons. The highest BCUT2D eigenvalue weighted by atomic mass is 35.5. The molecule has 0 saturated carbocycles. The second kappa shape index (κ2) is 7.32. The minimum absolute atomic E-state index is 0.162. The maximum atomic E-state index is 13.7. The first kappa shape index (κ1) is 15.6. The summed E-state index contributed by atoms with van der Waals surface area (Å²) in [5.41, 5.74) is 6.53. The first-order valence-corrected chi connectivity index (χ1v) is 7.87. The first-order chi connectivity index (χ1) is 9.56. The molecule has 2 aromatic carbocycles. The smallest absolute Gasteiger partial charge is 0.127 e. The van der Waals surface area contributed by atoms with Crippen LogP contribution in [-0.4, -0.2) is 11.8 Å². The summed E-state index contributed by atoms with van der Waals surface area (Å²) >= 11 is 13.4. The first-order valence-electron chi connectivity index (χ1n) is 6.13. The summed E-state index contributed by atoms with van der Waals surface area (Å²) in [4.78, 5) is 1.09. The van der Waals surface area contributed by atoms with Crippen LogP contribution in [-0.2, 0) is 6.42 Å². The van der Waals surface area contributed by atoms with Gasteiger partial charge in [0.1, 0.15) is 5.82 Å². The summed E-state index contributed by atoms with van der Waals surface area (Å²) in [6.45, 7) is 0. The predicted octanol–water partition coefficient (Wildman–Crippen LogP) is 4.79. The van der Waals surface area contributed by atoms with E-state index in [4.69, 9.17) is 28.9 Å². The third-order valence-electron chi connectivity index (χ3n) is 2.81. The zero-order valence-electron chi connectivity index (χ0n) is 10.7. The molecule has 2 rings (SSSR count). The van der Waals surface area contributed by atoms with Crippen LogP contribution in [0.15, 0.2) is 47.4 Å². The minimum Gasteiger partial charge on any atom is -0.327 e. The second-order valence-electron chi connectivity index (χ2n) is 4.43. The van der Waals surface area contributed by atoms with Crippen LogP contribution in [0.4, 0.5) is 4.39 Å². The highest BCUT2D eigenvalue weighted by Crippen LogP contribution is 2.24. The Labute approximate surface area is 132 Å².